The van der Waals surface area contributed by atoms with Gasteiger partial charge >= 0.3 is 11.9 Å². The summed E-state index contributed by atoms with van der Waals surface area (Å²) < 4.78 is 5.74. The number of β-lactam (4-membered cyclic amide) rings is 1. The Labute approximate surface area is 258 Å². The van der Waals surface area contributed by atoms with Crippen molar-refractivity contribution in [2.24, 2.45) is 5.73 Å². The Bertz CT molecular complexity index is 1380. The molecule has 4 atom stereocenters. The van der Waals surface area contributed by atoms with Crippen molar-refractivity contribution >= 4 is 63.9 Å². The minimum absolute atomic E-state index is 0.0980. The van der Waals surface area contributed by atoms with Gasteiger partial charge in [-0.15, -0.1) is 16.9 Å². The third-order valence-electron chi connectivity index (χ3n) is 6.52. The second-order valence-corrected chi connectivity index (χ2v) is 12.7. The second kappa shape index (κ2) is 14.4. The number of likely N-dealkylation sites (N-methyl/N-ethyl adjacent to an activating group) is 1. The zero-order valence-electron chi connectivity index (χ0n) is 23.2. The van der Waals surface area contributed by atoms with Gasteiger partial charge < -0.3 is 31.9 Å². The number of nitrogens with two attached hydrogens (primary N) is 2. The van der Waals surface area contributed by atoms with Crippen LogP contribution in [0, 0.1) is 0 Å². The average molecular weight is 657 g/mol. The minimum Gasteiger partial charge on any atom is -0.480 e. The van der Waals surface area contributed by atoms with Gasteiger partial charge in [-0.3, -0.25) is 24.6 Å². The van der Waals surface area contributed by atoms with Crippen molar-refractivity contribution in [2.45, 2.75) is 48.0 Å². The number of aromatic nitrogens is 6. The first-order chi connectivity index (χ1) is 20.5. The summed E-state index contributed by atoms with van der Waals surface area (Å²) in [6.07, 6.45) is 0.523. The van der Waals surface area contributed by atoms with Gasteiger partial charge in [0, 0.05) is 29.6 Å². The van der Waals surface area contributed by atoms with Crippen molar-refractivity contribution in [1.82, 2.24) is 50.0 Å². The van der Waals surface area contributed by atoms with E-state index in [0.717, 1.165) is 18.1 Å². The molecule has 0 spiro atoms. The van der Waals surface area contributed by atoms with Crippen LogP contribution in [-0.2, 0) is 25.7 Å². The molecule has 0 aromatic carbocycles. The minimum atomic E-state index is -1.24. The monoisotopic (exact) mass is 656 g/mol. The molecule has 2 aromatic rings. The summed E-state index contributed by atoms with van der Waals surface area (Å²) in [6, 6.07) is -3.09. The Hall–Kier alpha value is -3.37. The van der Waals surface area contributed by atoms with Gasteiger partial charge in [-0.25, -0.2) is 14.5 Å². The van der Waals surface area contributed by atoms with E-state index in [4.69, 9.17) is 16.6 Å². The van der Waals surface area contributed by atoms with Gasteiger partial charge in [0.2, 0.25) is 11.1 Å². The number of hydrogen-bond acceptors (Lipinski definition) is 16. The van der Waals surface area contributed by atoms with Gasteiger partial charge in [-0.05, 0) is 49.5 Å². The standard InChI is InChI=1S/C22H32N12O6S3/c1-32(2)6-7-33-22(28-30-31-33)42-9-10-8-41-18-13(17(36)34(18)14(10)20(39)40)26-16(35)12(15-27-21(24)43-29-15)25-5-3-4-11(23)19(37)38/h11-13,18,25H,3-9,23H2,1-2H3,(H,26,35)(H,37,38)(H,39,40)(H2,24,27,29)/t11-,12+,13-,18-/m1/s1. The lowest BCUT2D eigenvalue weighted by molar-refractivity contribution is -0.151. The maximum absolute atomic E-state index is 13.3. The molecule has 8 N–H and O–H groups in total. The van der Waals surface area contributed by atoms with Crippen LogP contribution >= 0.6 is 35.1 Å². The van der Waals surface area contributed by atoms with Crippen molar-refractivity contribution in [1.29, 1.82) is 0 Å². The SMILES string of the molecule is CN(C)CCn1nnnc1SCC1=C(C(=O)O)N2C(=O)[C@@H](NC(=O)[C@@H](NCCC[C@@H](N)C(=O)O)c3nsc(N)n3)[C@H]2SC1. The molecule has 2 aliphatic rings. The number of hydrogen-bond donors (Lipinski definition) is 6. The predicted molar refractivity (Wildman–Crippen MR) is 157 cm³/mol. The summed E-state index contributed by atoms with van der Waals surface area (Å²) in [5, 5.41) is 36.4. The van der Waals surface area contributed by atoms with Crippen LogP contribution in [-0.4, -0.2) is 129 Å². The highest BCUT2D eigenvalue weighted by Crippen LogP contribution is 2.41. The Morgan fingerprint density at radius 3 is 2.70 bits per heavy atom. The number of nitrogens with zero attached hydrogens (tertiary/aromatic N) is 8. The third-order valence-corrected chi connectivity index (χ3v) is 9.46. The maximum atomic E-state index is 13.3. The van der Waals surface area contributed by atoms with E-state index in [2.05, 4.69) is 35.5 Å². The maximum Gasteiger partial charge on any atom is 0.352 e. The lowest BCUT2D eigenvalue weighted by Crippen LogP contribution is -2.71. The van der Waals surface area contributed by atoms with E-state index >= 15 is 0 Å². The Morgan fingerprint density at radius 2 is 2.05 bits per heavy atom. The smallest absolute Gasteiger partial charge is 0.352 e. The number of carboxylic acids is 2. The summed E-state index contributed by atoms with van der Waals surface area (Å²) in [7, 11) is 3.86. The number of carbonyl (C=O) groups excluding carboxylic acids is 2. The fraction of sp³-hybridized carbons (Fsp3) is 0.591. The van der Waals surface area contributed by atoms with Crippen molar-refractivity contribution in [3.8, 4) is 0 Å². The molecule has 1 fully saturated rings. The molecular weight excluding hydrogens is 625 g/mol. The number of carboxylic acid groups (broad SMARTS) is 2. The van der Waals surface area contributed by atoms with Gasteiger partial charge in [-0.1, -0.05) is 11.8 Å². The van der Waals surface area contributed by atoms with Crippen LogP contribution in [0.15, 0.2) is 16.4 Å². The first kappa shape index (κ1) is 32.5. The first-order valence-electron chi connectivity index (χ1n) is 13.0. The van der Waals surface area contributed by atoms with E-state index in [1.165, 1.54) is 28.4 Å². The average Bonchev–Trinajstić information content (AvgIpc) is 3.60. The number of fused-ring (bicyclic) bond motifs is 1. The molecule has 2 aromatic heterocycles. The molecule has 234 valence electrons. The highest BCUT2D eigenvalue weighted by atomic mass is 32.2. The van der Waals surface area contributed by atoms with Crippen molar-refractivity contribution in [2.75, 3.05) is 44.4 Å². The number of anilines is 1. The number of tetrazole rings is 1. The van der Waals surface area contributed by atoms with Gasteiger partial charge in [0.25, 0.3) is 5.91 Å². The summed E-state index contributed by atoms with van der Waals surface area (Å²) in [4.78, 5) is 57.0. The summed E-state index contributed by atoms with van der Waals surface area (Å²) >= 11 is 3.52. The molecule has 4 rings (SSSR count). The summed E-state index contributed by atoms with van der Waals surface area (Å²) in [5.41, 5.74) is 11.7. The normalized spacial score (nSPS) is 19.6. The molecule has 1 saturated heterocycles. The van der Waals surface area contributed by atoms with Gasteiger partial charge in [0.05, 0.1) is 6.54 Å². The quantitative estimate of drug-likeness (QED) is 0.0649. The Kier molecular flexibility index (Phi) is 10.9. The zero-order valence-corrected chi connectivity index (χ0v) is 25.7. The van der Waals surface area contributed by atoms with E-state index in [0.29, 0.717) is 29.4 Å². The number of thioether (sulfide) groups is 2. The fourth-order valence-corrected chi connectivity index (χ4v) is 7.13. The zero-order chi connectivity index (χ0) is 31.3. The molecule has 21 heteroatoms. The molecule has 43 heavy (non-hydrogen) atoms. The number of aliphatic carboxylic acids is 2. The fourth-order valence-electron chi connectivity index (χ4n) is 4.28. The second-order valence-electron chi connectivity index (χ2n) is 9.89. The molecule has 0 unspecified atom stereocenters. The molecule has 0 radical (unpaired) electrons. The summed E-state index contributed by atoms with van der Waals surface area (Å²) in [5.74, 6) is -2.85. The van der Waals surface area contributed by atoms with Crippen LogP contribution in [0.4, 0.5) is 5.13 Å². The van der Waals surface area contributed by atoms with E-state index < -0.39 is 47.3 Å². The molecule has 0 bridgehead atoms. The van der Waals surface area contributed by atoms with E-state index in [1.807, 2.05) is 19.0 Å². The number of nitrogens with one attached hydrogen (secondary N) is 2. The Balaban J connectivity index is 1.41. The Morgan fingerprint density at radius 1 is 1.28 bits per heavy atom. The number of carbonyl (C=O) groups is 4. The van der Waals surface area contributed by atoms with Crippen LogP contribution in [0.1, 0.15) is 24.7 Å². The number of amides is 2. The van der Waals surface area contributed by atoms with Crippen LogP contribution in [0.5, 0.6) is 0 Å². The van der Waals surface area contributed by atoms with Crippen molar-refractivity contribution in [3.63, 3.8) is 0 Å². The van der Waals surface area contributed by atoms with E-state index in [1.54, 1.807) is 4.68 Å². The molecule has 2 aliphatic heterocycles. The van der Waals surface area contributed by atoms with Gasteiger partial charge in [0.1, 0.15) is 29.2 Å². The van der Waals surface area contributed by atoms with Gasteiger partial charge in [-0.2, -0.15) is 4.37 Å². The number of nitrogen functional groups attached to an aromatic ring is 1. The molecule has 0 saturated carbocycles. The highest BCUT2D eigenvalue weighted by Gasteiger charge is 2.54. The van der Waals surface area contributed by atoms with Crippen LogP contribution in [0.3, 0.4) is 0 Å². The molecular formula is C22H32N12O6S3. The largest absolute Gasteiger partial charge is 0.480 e. The van der Waals surface area contributed by atoms with E-state index in [9.17, 15) is 24.3 Å². The lowest BCUT2D eigenvalue weighted by atomic mass is 10.0. The van der Waals surface area contributed by atoms with Crippen LogP contribution < -0.4 is 22.1 Å². The van der Waals surface area contributed by atoms with E-state index in [-0.39, 0.29) is 35.4 Å². The van der Waals surface area contributed by atoms with Crippen molar-refractivity contribution < 1.29 is 29.4 Å². The topological polar surface area (TPSA) is 261 Å². The lowest BCUT2D eigenvalue weighted by Gasteiger charge is -2.49. The van der Waals surface area contributed by atoms with Crippen molar-refractivity contribution in [3.05, 3.63) is 17.1 Å². The van der Waals surface area contributed by atoms with Crippen LogP contribution in [0.2, 0.25) is 0 Å². The first-order valence-corrected chi connectivity index (χ1v) is 15.8. The summed E-state index contributed by atoms with van der Waals surface area (Å²) in [6.45, 7) is 1.49. The molecule has 2 amide bonds. The highest BCUT2D eigenvalue weighted by molar-refractivity contribution is 8.01. The number of rotatable bonds is 16. The molecule has 0 aliphatic carbocycles. The predicted octanol–water partition coefficient (Wildman–Crippen LogP) is -1.98. The molecule has 18 nitrogen and oxygen atoms in total. The van der Waals surface area contributed by atoms with Gasteiger partial charge in [0.15, 0.2) is 11.0 Å². The third kappa shape index (κ3) is 7.78. The van der Waals surface area contributed by atoms with Crippen LogP contribution in [0.25, 0.3) is 0 Å². The molecule has 4 heterocycles.